The zero-order valence-electron chi connectivity index (χ0n) is 13.1. The van der Waals surface area contributed by atoms with Crippen LogP contribution in [0.1, 0.15) is 58.3 Å². The summed E-state index contributed by atoms with van der Waals surface area (Å²) in [5.74, 6) is 0. The van der Waals surface area contributed by atoms with Gasteiger partial charge in [0.15, 0.2) is 0 Å². The van der Waals surface area contributed by atoms with E-state index in [0.717, 1.165) is 30.2 Å². The summed E-state index contributed by atoms with van der Waals surface area (Å²) in [5.41, 5.74) is 0. The molecule has 0 amide bonds. The summed E-state index contributed by atoms with van der Waals surface area (Å²) in [5, 5.41) is 3.78. The fraction of sp³-hybridized carbons (Fsp3) is 1.00. The van der Waals surface area contributed by atoms with Crippen LogP contribution in [0.4, 0.5) is 0 Å². The molecular formula is C17H31N3. The van der Waals surface area contributed by atoms with Gasteiger partial charge in [0.25, 0.3) is 0 Å². The molecule has 1 saturated carbocycles. The monoisotopic (exact) mass is 277 g/mol. The molecule has 4 rings (SSSR count). The highest BCUT2D eigenvalue weighted by Crippen LogP contribution is 2.40. The maximum Gasteiger partial charge on any atom is 0.0241 e. The Labute approximate surface area is 124 Å². The lowest BCUT2D eigenvalue weighted by atomic mass is 9.95. The van der Waals surface area contributed by atoms with E-state index >= 15 is 0 Å². The Morgan fingerprint density at radius 1 is 0.900 bits per heavy atom. The zero-order valence-corrected chi connectivity index (χ0v) is 13.1. The van der Waals surface area contributed by atoms with Crippen molar-refractivity contribution >= 4 is 0 Å². The largest absolute Gasteiger partial charge is 0.314 e. The summed E-state index contributed by atoms with van der Waals surface area (Å²) in [7, 11) is 0. The van der Waals surface area contributed by atoms with Crippen molar-refractivity contribution in [3.63, 3.8) is 0 Å². The summed E-state index contributed by atoms with van der Waals surface area (Å²) >= 11 is 0. The summed E-state index contributed by atoms with van der Waals surface area (Å²) < 4.78 is 0. The number of nitrogens with zero attached hydrogens (tertiary/aromatic N) is 2. The van der Waals surface area contributed by atoms with Crippen LogP contribution in [-0.2, 0) is 0 Å². The van der Waals surface area contributed by atoms with Crippen molar-refractivity contribution in [1.29, 1.82) is 0 Å². The molecule has 3 unspecified atom stereocenters. The smallest absolute Gasteiger partial charge is 0.0241 e. The van der Waals surface area contributed by atoms with Gasteiger partial charge >= 0.3 is 0 Å². The van der Waals surface area contributed by atoms with Crippen LogP contribution in [0, 0.1) is 0 Å². The minimum absolute atomic E-state index is 0.810. The number of rotatable bonds is 5. The molecular weight excluding hydrogens is 246 g/mol. The van der Waals surface area contributed by atoms with Gasteiger partial charge in [-0.25, -0.2) is 0 Å². The molecule has 3 heterocycles. The average Bonchev–Trinajstić information content (AvgIpc) is 3.14. The first-order valence-corrected chi connectivity index (χ1v) is 9.10. The lowest BCUT2D eigenvalue weighted by molar-refractivity contribution is 0.0721. The van der Waals surface area contributed by atoms with Crippen LogP contribution in [0.5, 0.6) is 0 Å². The molecule has 3 aliphatic heterocycles. The van der Waals surface area contributed by atoms with Crippen molar-refractivity contribution in [2.45, 2.75) is 88.5 Å². The number of fused-ring (bicyclic) bond motifs is 2. The van der Waals surface area contributed by atoms with Gasteiger partial charge in [0, 0.05) is 43.3 Å². The van der Waals surface area contributed by atoms with E-state index in [1.807, 2.05) is 0 Å². The van der Waals surface area contributed by atoms with Gasteiger partial charge in [-0.2, -0.15) is 0 Å². The molecule has 3 heteroatoms. The lowest BCUT2D eigenvalue weighted by Gasteiger charge is -2.43. The Morgan fingerprint density at radius 3 is 2.25 bits per heavy atom. The molecule has 3 nitrogen and oxygen atoms in total. The van der Waals surface area contributed by atoms with Crippen molar-refractivity contribution in [1.82, 2.24) is 15.1 Å². The number of likely N-dealkylation sites (tertiary alicyclic amines) is 1. The van der Waals surface area contributed by atoms with E-state index in [2.05, 4.69) is 22.0 Å². The minimum Gasteiger partial charge on any atom is -0.314 e. The summed E-state index contributed by atoms with van der Waals surface area (Å²) in [6.07, 6.45) is 11.4. The SMILES string of the molecule is CCCNC1CC2CCC(C1)N2C1CCN(C2CC2)C1. The molecule has 3 saturated heterocycles. The van der Waals surface area contributed by atoms with Crippen LogP contribution in [0.2, 0.25) is 0 Å². The predicted octanol–water partition coefficient (Wildman–Crippen LogP) is 2.22. The van der Waals surface area contributed by atoms with Crippen molar-refractivity contribution in [3.8, 4) is 0 Å². The molecule has 0 aromatic heterocycles. The van der Waals surface area contributed by atoms with Gasteiger partial charge in [-0.1, -0.05) is 6.92 Å². The van der Waals surface area contributed by atoms with Crippen LogP contribution >= 0.6 is 0 Å². The predicted molar refractivity (Wildman–Crippen MR) is 83.0 cm³/mol. The topological polar surface area (TPSA) is 18.5 Å². The average molecular weight is 277 g/mol. The third-order valence-electron chi connectivity index (χ3n) is 6.15. The first-order valence-electron chi connectivity index (χ1n) is 9.10. The standard InChI is InChI=1S/C17H31N3/c1-2-8-18-13-10-15-5-6-16(11-13)20(15)17-7-9-19(12-17)14-3-4-14/h13-18H,2-12H2,1H3. The van der Waals surface area contributed by atoms with Crippen molar-refractivity contribution in [2.75, 3.05) is 19.6 Å². The summed E-state index contributed by atoms with van der Waals surface area (Å²) in [6, 6.07) is 4.46. The van der Waals surface area contributed by atoms with E-state index in [4.69, 9.17) is 0 Å². The van der Waals surface area contributed by atoms with Crippen molar-refractivity contribution in [3.05, 3.63) is 0 Å². The number of hydrogen-bond acceptors (Lipinski definition) is 3. The van der Waals surface area contributed by atoms with Crippen molar-refractivity contribution < 1.29 is 0 Å². The molecule has 0 spiro atoms. The Balaban J connectivity index is 1.36. The number of hydrogen-bond donors (Lipinski definition) is 1. The molecule has 114 valence electrons. The fourth-order valence-corrected chi connectivity index (χ4v) is 5.11. The first kappa shape index (κ1) is 13.5. The molecule has 0 aromatic carbocycles. The third-order valence-corrected chi connectivity index (χ3v) is 6.15. The Hall–Kier alpha value is -0.120. The summed E-state index contributed by atoms with van der Waals surface area (Å²) in [4.78, 5) is 5.75. The molecule has 1 aliphatic carbocycles. The Kier molecular flexibility index (Phi) is 3.78. The molecule has 4 aliphatic rings. The van der Waals surface area contributed by atoms with E-state index in [-0.39, 0.29) is 0 Å². The molecule has 3 atom stereocenters. The van der Waals surface area contributed by atoms with Gasteiger partial charge in [0.2, 0.25) is 0 Å². The van der Waals surface area contributed by atoms with E-state index in [9.17, 15) is 0 Å². The van der Waals surface area contributed by atoms with E-state index in [0.29, 0.717) is 0 Å². The number of nitrogens with one attached hydrogen (secondary N) is 1. The van der Waals surface area contributed by atoms with E-state index < -0.39 is 0 Å². The van der Waals surface area contributed by atoms with Gasteiger partial charge in [0.1, 0.15) is 0 Å². The molecule has 1 N–H and O–H groups in total. The van der Waals surface area contributed by atoms with E-state index in [1.54, 1.807) is 0 Å². The van der Waals surface area contributed by atoms with Crippen molar-refractivity contribution in [2.24, 2.45) is 0 Å². The third kappa shape index (κ3) is 2.53. The zero-order chi connectivity index (χ0) is 13.5. The van der Waals surface area contributed by atoms with Crippen LogP contribution in [0.3, 0.4) is 0 Å². The molecule has 0 aromatic rings. The Bertz CT molecular complexity index is 327. The van der Waals surface area contributed by atoms with Crippen LogP contribution in [0.25, 0.3) is 0 Å². The molecule has 0 radical (unpaired) electrons. The molecule has 4 fully saturated rings. The maximum absolute atomic E-state index is 3.78. The highest BCUT2D eigenvalue weighted by atomic mass is 15.3. The van der Waals surface area contributed by atoms with Gasteiger partial charge in [-0.15, -0.1) is 0 Å². The first-order chi connectivity index (χ1) is 9.85. The summed E-state index contributed by atoms with van der Waals surface area (Å²) in [6.45, 7) is 6.25. The van der Waals surface area contributed by atoms with Crippen LogP contribution < -0.4 is 5.32 Å². The normalized spacial score (nSPS) is 42.5. The lowest BCUT2D eigenvalue weighted by Crippen LogP contribution is -2.53. The van der Waals surface area contributed by atoms with E-state index in [1.165, 1.54) is 71.0 Å². The van der Waals surface area contributed by atoms with Gasteiger partial charge in [-0.3, -0.25) is 9.80 Å². The van der Waals surface area contributed by atoms with Gasteiger partial charge < -0.3 is 5.32 Å². The fourth-order valence-electron chi connectivity index (χ4n) is 5.11. The molecule has 20 heavy (non-hydrogen) atoms. The van der Waals surface area contributed by atoms with Crippen LogP contribution in [-0.4, -0.2) is 59.6 Å². The van der Waals surface area contributed by atoms with Gasteiger partial charge in [0.05, 0.1) is 0 Å². The van der Waals surface area contributed by atoms with Crippen LogP contribution in [0.15, 0.2) is 0 Å². The second-order valence-electron chi connectivity index (χ2n) is 7.62. The second kappa shape index (κ2) is 5.58. The number of piperidine rings is 1. The quantitative estimate of drug-likeness (QED) is 0.831. The minimum atomic E-state index is 0.810. The Morgan fingerprint density at radius 2 is 1.60 bits per heavy atom. The maximum atomic E-state index is 3.78. The van der Waals surface area contributed by atoms with Gasteiger partial charge in [-0.05, 0) is 57.9 Å². The molecule has 2 bridgehead atoms. The highest BCUT2D eigenvalue weighted by molar-refractivity contribution is 5.03. The highest BCUT2D eigenvalue weighted by Gasteiger charge is 2.46. The second-order valence-corrected chi connectivity index (χ2v) is 7.62.